The molecule has 20 heavy (non-hydrogen) atoms. The summed E-state index contributed by atoms with van der Waals surface area (Å²) in [5, 5.41) is 3.32. The van der Waals surface area contributed by atoms with Crippen LogP contribution in [-0.2, 0) is 0 Å². The molecule has 0 saturated carbocycles. The van der Waals surface area contributed by atoms with Crippen LogP contribution in [0.5, 0.6) is 5.75 Å². The van der Waals surface area contributed by atoms with Crippen molar-refractivity contribution in [1.29, 1.82) is 0 Å². The van der Waals surface area contributed by atoms with Gasteiger partial charge in [0.05, 0.1) is 18.5 Å². The summed E-state index contributed by atoms with van der Waals surface area (Å²) in [5.74, 6) is 0.784. The quantitative estimate of drug-likeness (QED) is 0.716. The average Bonchev–Trinajstić information content (AvgIpc) is 2.43. The molecule has 104 valence electrons. The van der Waals surface area contributed by atoms with Gasteiger partial charge in [0.1, 0.15) is 10.7 Å². The number of hydrogen-bond donors (Lipinski definition) is 2. The van der Waals surface area contributed by atoms with Crippen LogP contribution in [0.3, 0.4) is 0 Å². The van der Waals surface area contributed by atoms with Gasteiger partial charge in [-0.05, 0) is 62.2 Å². The van der Waals surface area contributed by atoms with Gasteiger partial charge < -0.3 is 15.8 Å². The smallest absolute Gasteiger partial charge is 0.121 e. The van der Waals surface area contributed by atoms with Crippen LogP contribution in [0.2, 0.25) is 0 Å². The Balaban J connectivity index is 2.32. The van der Waals surface area contributed by atoms with Crippen LogP contribution in [0.1, 0.15) is 5.56 Å². The number of thiocarbonyl (C=S) groups is 1. The molecule has 0 aliphatic carbocycles. The first kappa shape index (κ1) is 15.3. The van der Waals surface area contributed by atoms with Gasteiger partial charge in [0.15, 0.2) is 0 Å². The molecule has 0 saturated heterocycles. The summed E-state index contributed by atoms with van der Waals surface area (Å²) < 4.78 is 7.06. The normalized spacial score (nSPS) is 10.2. The summed E-state index contributed by atoms with van der Waals surface area (Å²) >= 11 is 12.0. The largest absolute Gasteiger partial charge is 0.497 e. The Morgan fingerprint density at radius 2 is 1.85 bits per heavy atom. The molecule has 6 heteroatoms. The fraction of sp³-hybridized carbons (Fsp3) is 0.0714. The van der Waals surface area contributed by atoms with E-state index in [-0.39, 0.29) is 0 Å². The fourth-order valence-corrected chi connectivity index (χ4v) is 2.59. The van der Waals surface area contributed by atoms with E-state index in [1.807, 2.05) is 36.4 Å². The average molecular weight is 416 g/mol. The highest BCUT2D eigenvalue weighted by atomic mass is 79.9. The maximum Gasteiger partial charge on any atom is 0.121 e. The predicted octanol–water partition coefficient (Wildman–Crippen LogP) is 4.60. The first-order valence-electron chi connectivity index (χ1n) is 5.71. The third-order valence-electron chi connectivity index (χ3n) is 2.70. The topological polar surface area (TPSA) is 47.3 Å². The number of benzene rings is 2. The van der Waals surface area contributed by atoms with Crippen molar-refractivity contribution >= 4 is 60.4 Å². The molecule has 3 nitrogen and oxygen atoms in total. The van der Waals surface area contributed by atoms with Gasteiger partial charge in [0.25, 0.3) is 0 Å². The number of hydrogen-bond acceptors (Lipinski definition) is 3. The molecule has 3 N–H and O–H groups in total. The number of nitrogens with two attached hydrogens (primary N) is 1. The second-order valence-corrected chi connectivity index (χ2v) is 6.18. The van der Waals surface area contributed by atoms with Crippen LogP contribution in [0.15, 0.2) is 45.3 Å². The van der Waals surface area contributed by atoms with E-state index < -0.39 is 0 Å². The maximum absolute atomic E-state index is 5.61. The van der Waals surface area contributed by atoms with Crippen LogP contribution in [0.4, 0.5) is 11.4 Å². The Labute approximate surface area is 139 Å². The number of anilines is 2. The van der Waals surface area contributed by atoms with Crippen molar-refractivity contribution < 1.29 is 4.74 Å². The van der Waals surface area contributed by atoms with Crippen molar-refractivity contribution in [2.75, 3.05) is 12.4 Å². The van der Waals surface area contributed by atoms with Crippen molar-refractivity contribution in [1.82, 2.24) is 0 Å². The first-order chi connectivity index (χ1) is 9.51. The lowest BCUT2D eigenvalue weighted by Crippen LogP contribution is -2.09. The van der Waals surface area contributed by atoms with Gasteiger partial charge in [-0.15, -0.1) is 0 Å². The Hall–Kier alpha value is -1.11. The zero-order valence-electron chi connectivity index (χ0n) is 10.6. The third-order valence-corrected chi connectivity index (χ3v) is 4.28. The molecule has 0 aliphatic heterocycles. The minimum absolute atomic E-state index is 0.375. The zero-order chi connectivity index (χ0) is 14.7. The lowest BCUT2D eigenvalue weighted by molar-refractivity contribution is 0.415. The fourth-order valence-electron chi connectivity index (χ4n) is 1.64. The van der Waals surface area contributed by atoms with Crippen LogP contribution < -0.4 is 15.8 Å². The van der Waals surface area contributed by atoms with Gasteiger partial charge in [-0.2, -0.15) is 0 Å². The highest BCUT2D eigenvalue weighted by Gasteiger charge is 2.07. The van der Waals surface area contributed by atoms with Crippen molar-refractivity contribution in [2.24, 2.45) is 5.73 Å². The molecule has 2 aromatic carbocycles. The maximum atomic E-state index is 5.61. The van der Waals surface area contributed by atoms with E-state index in [1.165, 1.54) is 0 Å². The molecule has 0 aliphatic rings. The molecule has 0 radical (unpaired) electrons. The molecule has 0 unspecified atom stereocenters. The van der Waals surface area contributed by atoms with Crippen molar-refractivity contribution in [3.63, 3.8) is 0 Å². The van der Waals surface area contributed by atoms with Crippen molar-refractivity contribution in [3.8, 4) is 5.75 Å². The molecule has 0 aromatic heterocycles. The lowest BCUT2D eigenvalue weighted by atomic mass is 10.2. The highest BCUT2D eigenvalue weighted by molar-refractivity contribution is 9.11. The van der Waals surface area contributed by atoms with Gasteiger partial charge in [-0.3, -0.25) is 0 Å². The van der Waals surface area contributed by atoms with E-state index >= 15 is 0 Å². The van der Waals surface area contributed by atoms with Gasteiger partial charge in [0.2, 0.25) is 0 Å². The molecule has 0 spiro atoms. The van der Waals surface area contributed by atoms with Crippen molar-refractivity contribution in [2.45, 2.75) is 0 Å². The number of methoxy groups -OCH3 is 1. The summed E-state index contributed by atoms with van der Waals surface area (Å²) in [6.45, 7) is 0. The summed E-state index contributed by atoms with van der Waals surface area (Å²) in [7, 11) is 1.64. The SMILES string of the molecule is COc1ccc(Br)c(Nc2ccc(C(N)=S)cc2Br)c1. The summed E-state index contributed by atoms with van der Waals surface area (Å²) in [5.41, 5.74) is 8.26. The van der Waals surface area contributed by atoms with Crippen molar-refractivity contribution in [3.05, 3.63) is 50.9 Å². The van der Waals surface area contributed by atoms with Crippen LogP contribution in [0, 0.1) is 0 Å². The first-order valence-corrected chi connectivity index (χ1v) is 7.70. The standard InChI is InChI=1S/C14H12Br2N2OS/c1-19-9-3-4-10(15)13(7-9)18-12-5-2-8(14(17)20)6-11(12)16/h2-7,18H,1H3,(H2,17,20). The van der Waals surface area contributed by atoms with E-state index in [1.54, 1.807) is 7.11 Å². The van der Waals surface area contributed by atoms with Crippen LogP contribution in [0.25, 0.3) is 0 Å². The van der Waals surface area contributed by atoms with E-state index in [9.17, 15) is 0 Å². The Kier molecular flexibility index (Phi) is 5.01. The van der Waals surface area contributed by atoms with E-state index in [4.69, 9.17) is 22.7 Å². The lowest BCUT2D eigenvalue weighted by Gasteiger charge is -2.12. The second-order valence-electron chi connectivity index (χ2n) is 4.03. The molecule has 0 atom stereocenters. The molecule has 0 fully saturated rings. The molecule has 2 aromatic rings. The van der Waals surface area contributed by atoms with E-state index in [0.717, 1.165) is 31.6 Å². The number of halogens is 2. The summed E-state index contributed by atoms with van der Waals surface area (Å²) in [6.07, 6.45) is 0. The minimum atomic E-state index is 0.375. The summed E-state index contributed by atoms with van der Waals surface area (Å²) in [4.78, 5) is 0.375. The Morgan fingerprint density at radius 1 is 1.10 bits per heavy atom. The molecule has 0 amide bonds. The molecule has 2 rings (SSSR count). The van der Waals surface area contributed by atoms with Gasteiger partial charge >= 0.3 is 0 Å². The predicted molar refractivity (Wildman–Crippen MR) is 94.0 cm³/mol. The minimum Gasteiger partial charge on any atom is -0.497 e. The summed E-state index contributed by atoms with van der Waals surface area (Å²) in [6, 6.07) is 11.4. The second kappa shape index (κ2) is 6.56. The number of ether oxygens (including phenoxy) is 1. The highest BCUT2D eigenvalue weighted by Crippen LogP contribution is 2.33. The van der Waals surface area contributed by atoms with Gasteiger partial charge in [-0.25, -0.2) is 0 Å². The number of nitrogens with one attached hydrogen (secondary N) is 1. The monoisotopic (exact) mass is 414 g/mol. The zero-order valence-corrected chi connectivity index (χ0v) is 14.6. The number of rotatable bonds is 4. The molecule has 0 bridgehead atoms. The molecular weight excluding hydrogens is 404 g/mol. The Morgan fingerprint density at radius 3 is 2.45 bits per heavy atom. The molecule has 0 heterocycles. The van der Waals surface area contributed by atoms with Gasteiger partial charge in [-0.1, -0.05) is 12.2 Å². The van der Waals surface area contributed by atoms with Crippen LogP contribution in [-0.4, -0.2) is 12.1 Å². The van der Waals surface area contributed by atoms with Gasteiger partial charge in [0, 0.05) is 20.6 Å². The van der Waals surface area contributed by atoms with E-state index in [2.05, 4.69) is 37.2 Å². The van der Waals surface area contributed by atoms with Crippen LogP contribution >= 0.6 is 44.1 Å². The molecular formula is C14H12Br2N2OS. The Bertz CT molecular complexity index is 662. The van der Waals surface area contributed by atoms with E-state index in [0.29, 0.717) is 4.99 Å². The third kappa shape index (κ3) is 3.50.